The van der Waals surface area contributed by atoms with Gasteiger partial charge in [-0.1, -0.05) is 39.6 Å². The van der Waals surface area contributed by atoms with Gasteiger partial charge in [0.25, 0.3) is 0 Å². The molecule has 0 radical (unpaired) electrons. The van der Waals surface area contributed by atoms with Gasteiger partial charge >= 0.3 is 0 Å². The van der Waals surface area contributed by atoms with E-state index >= 15 is 0 Å². The largest absolute Gasteiger partial charge is 0.491 e. The Bertz CT molecular complexity index is 1300. The molecule has 170 valence electrons. The van der Waals surface area contributed by atoms with E-state index in [1.807, 2.05) is 24.3 Å². The van der Waals surface area contributed by atoms with E-state index in [1.165, 1.54) is 6.33 Å². The Morgan fingerprint density at radius 2 is 2.06 bits per heavy atom. The van der Waals surface area contributed by atoms with Crippen LogP contribution < -0.4 is 4.74 Å². The fourth-order valence-electron chi connectivity index (χ4n) is 3.53. The van der Waals surface area contributed by atoms with Crippen LogP contribution in [0.4, 0.5) is 0 Å². The molecule has 0 aliphatic carbocycles. The van der Waals surface area contributed by atoms with E-state index in [0.717, 1.165) is 5.69 Å². The van der Waals surface area contributed by atoms with Gasteiger partial charge in [-0.15, -0.1) is 0 Å². The van der Waals surface area contributed by atoms with Crippen molar-refractivity contribution in [3.05, 3.63) is 75.5 Å². The molecule has 1 fully saturated rings. The molecule has 0 amide bonds. The number of rotatable bonds is 7. The lowest BCUT2D eigenvalue weighted by Gasteiger charge is -2.29. The molecule has 2 atom stereocenters. The first kappa shape index (κ1) is 22.0. The van der Waals surface area contributed by atoms with Crippen LogP contribution >= 0.6 is 35.4 Å². The fourth-order valence-corrected chi connectivity index (χ4v) is 4.27. The zero-order valence-electron chi connectivity index (χ0n) is 17.0. The summed E-state index contributed by atoms with van der Waals surface area (Å²) in [7, 11) is 0. The third-order valence-electron chi connectivity index (χ3n) is 5.04. The van der Waals surface area contributed by atoms with Crippen LogP contribution in [0.25, 0.3) is 5.69 Å². The molecular weight excluding hydrogens is 489 g/mol. The first-order valence-corrected chi connectivity index (χ1v) is 11.0. The van der Waals surface area contributed by atoms with Crippen molar-refractivity contribution in [2.75, 3.05) is 13.2 Å². The van der Waals surface area contributed by atoms with Crippen molar-refractivity contribution in [2.45, 2.75) is 18.4 Å². The molecule has 5 rings (SSSR count). The summed E-state index contributed by atoms with van der Waals surface area (Å²) in [4.78, 5) is 4.00. The number of H-pyrrole nitrogens is 1. The molecule has 1 N–H and O–H groups in total. The second-order valence-corrected chi connectivity index (χ2v) is 8.45. The molecule has 3 heterocycles. The summed E-state index contributed by atoms with van der Waals surface area (Å²) in [6.07, 6.45) is 2.69. The van der Waals surface area contributed by atoms with Crippen molar-refractivity contribution >= 4 is 35.4 Å². The van der Waals surface area contributed by atoms with E-state index in [0.29, 0.717) is 32.7 Å². The molecule has 13 heteroatoms. The molecule has 1 saturated heterocycles. The van der Waals surface area contributed by atoms with Crippen LogP contribution in [-0.4, -0.2) is 54.3 Å². The number of benzene rings is 2. The van der Waals surface area contributed by atoms with E-state index in [-0.39, 0.29) is 19.3 Å². The zero-order chi connectivity index (χ0) is 22.8. The maximum Gasteiger partial charge on any atom is 0.242 e. The highest BCUT2D eigenvalue weighted by Gasteiger charge is 2.45. The molecule has 10 nitrogen and oxygen atoms in total. The summed E-state index contributed by atoms with van der Waals surface area (Å²) in [5, 5.41) is 15.3. The topological polar surface area (TPSA) is 105 Å². The smallest absolute Gasteiger partial charge is 0.242 e. The molecule has 33 heavy (non-hydrogen) atoms. The minimum absolute atomic E-state index is 0.262. The van der Waals surface area contributed by atoms with Gasteiger partial charge in [-0.05, 0) is 48.6 Å². The second-order valence-electron chi connectivity index (χ2n) is 7.24. The molecule has 1 aliphatic heterocycles. The second kappa shape index (κ2) is 9.20. The Morgan fingerprint density at radius 3 is 2.76 bits per heavy atom. The Balaban J connectivity index is 1.30. The fraction of sp³-hybridized carbons (Fsp3) is 0.250. The van der Waals surface area contributed by atoms with Gasteiger partial charge in [0.15, 0.2) is 0 Å². The lowest BCUT2D eigenvalue weighted by Crippen LogP contribution is -2.35. The lowest BCUT2D eigenvalue weighted by atomic mass is 10.1. The van der Waals surface area contributed by atoms with Crippen LogP contribution in [0.2, 0.25) is 10.0 Å². The molecular formula is C20H17Cl2N7O3S. The summed E-state index contributed by atoms with van der Waals surface area (Å²) >= 11 is 17.7. The Kier molecular flexibility index (Phi) is 6.13. The van der Waals surface area contributed by atoms with Gasteiger partial charge in [0.1, 0.15) is 37.7 Å². The van der Waals surface area contributed by atoms with Crippen LogP contribution in [0.15, 0.2) is 55.1 Å². The summed E-state index contributed by atoms with van der Waals surface area (Å²) in [6.45, 7) is 0.841. The van der Waals surface area contributed by atoms with Gasteiger partial charge in [-0.25, -0.2) is 14.3 Å². The van der Waals surface area contributed by atoms with Crippen LogP contribution in [0.3, 0.4) is 0 Å². The molecule has 2 aromatic carbocycles. The van der Waals surface area contributed by atoms with Gasteiger partial charge in [-0.2, -0.15) is 10.3 Å². The lowest BCUT2D eigenvalue weighted by molar-refractivity contribution is -0.190. The summed E-state index contributed by atoms with van der Waals surface area (Å²) in [6, 6.07) is 12.5. The maximum absolute atomic E-state index is 6.49. The summed E-state index contributed by atoms with van der Waals surface area (Å²) in [5.74, 6) is -0.489. The summed E-state index contributed by atoms with van der Waals surface area (Å²) in [5.41, 5.74) is 1.45. The van der Waals surface area contributed by atoms with E-state index in [4.69, 9.17) is 49.6 Å². The Hall–Kier alpha value is -2.83. The van der Waals surface area contributed by atoms with Crippen LogP contribution in [0.5, 0.6) is 5.75 Å². The molecule has 4 aromatic rings. The average Bonchev–Trinajstić information content (AvgIpc) is 3.55. The highest BCUT2D eigenvalue weighted by atomic mass is 35.5. The number of hydrogen-bond donors (Lipinski definition) is 1. The Morgan fingerprint density at radius 1 is 1.21 bits per heavy atom. The predicted molar refractivity (Wildman–Crippen MR) is 121 cm³/mol. The van der Waals surface area contributed by atoms with Crippen LogP contribution in [0.1, 0.15) is 5.56 Å². The number of nitrogens with one attached hydrogen (secondary N) is 1. The van der Waals surface area contributed by atoms with Gasteiger partial charge in [0.2, 0.25) is 10.6 Å². The predicted octanol–water partition coefficient (Wildman–Crippen LogP) is 3.57. The molecule has 0 saturated carbocycles. The van der Waals surface area contributed by atoms with Gasteiger partial charge in [0, 0.05) is 10.6 Å². The van der Waals surface area contributed by atoms with Crippen molar-refractivity contribution in [1.29, 1.82) is 0 Å². The maximum atomic E-state index is 6.49. The van der Waals surface area contributed by atoms with Gasteiger partial charge < -0.3 is 14.2 Å². The molecule has 2 aromatic heterocycles. The first-order chi connectivity index (χ1) is 16.0. The minimum atomic E-state index is -1.16. The number of hydrogen-bond acceptors (Lipinski definition) is 8. The van der Waals surface area contributed by atoms with Gasteiger partial charge in [-0.3, -0.25) is 0 Å². The van der Waals surface area contributed by atoms with Gasteiger partial charge in [0.05, 0.1) is 17.3 Å². The SMILES string of the molecule is S=c1nn[nH]n1-c1ccc(OCC2COC(Cn3cncn3)(c3ccc(Cl)cc3Cl)O2)cc1. The van der Waals surface area contributed by atoms with Crippen LogP contribution in [-0.2, 0) is 21.8 Å². The average molecular weight is 506 g/mol. The standard InChI is InChI=1S/C20H17Cl2N7O3S/c21-13-1-6-17(18(22)7-13)20(10-28-12-23-11-24-28)31-9-16(32-20)8-30-15-4-2-14(3-5-15)29-19(33)25-26-27-29/h1-7,11-12,16H,8-10H2,(H,25,27,33). The van der Waals surface area contributed by atoms with E-state index < -0.39 is 5.79 Å². The molecule has 0 spiro atoms. The van der Waals surface area contributed by atoms with Crippen molar-refractivity contribution < 1.29 is 14.2 Å². The van der Waals surface area contributed by atoms with Crippen molar-refractivity contribution in [2.24, 2.45) is 0 Å². The van der Waals surface area contributed by atoms with E-state index in [1.54, 1.807) is 33.9 Å². The third kappa shape index (κ3) is 4.63. The van der Waals surface area contributed by atoms with Crippen LogP contribution in [0, 0.1) is 4.77 Å². The number of ether oxygens (including phenoxy) is 3. The van der Waals surface area contributed by atoms with Crippen molar-refractivity contribution in [3.63, 3.8) is 0 Å². The summed E-state index contributed by atoms with van der Waals surface area (Å²) < 4.78 is 22.0. The van der Waals surface area contributed by atoms with E-state index in [9.17, 15) is 0 Å². The quantitative estimate of drug-likeness (QED) is 0.380. The number of aromatic nitrogens is 7. The minimum Gasteiger partial charge on any atom is -0.491 e. The van der Waals surface area contributed by atoms with Crippen molar-refractivity contribution in [1.82, 2.24) is 35.0 Å². The number of tetrazole rings is 1. The number of nitrogens with zero attached hydrogens (tertiary/aromatic N) is 6. The number of aromatic amines is 1. The normalized spacial score (nSPS) is 20.2. The molecule has 1 aliphatic rings. The first-order valence-electron chi connectivity index (χ1n) is 9.85. The Labute approximate surface area is 203 Å². The van der Waals surface area contributed by atoms with E-state index in [2.05, 4.69) is 25.6 Å². The third-order valence-corrected chi connectivity index (χ3v) is 5.85. The highest BCUT2D eigenvalue weighted by molar-refractivity contribution is 7.71. The number of halogens is 2. The van der Waals surface area contributed by atoms with Crippen molar-refractivity contribution in [3.8, 4) is 11.4 Å². The highest BCUT2D eigenvalue weighted by Crippen LogP contribution is 2.40. The molecule has 2 unspecified atom stereocenters. The monoisotopic (exact) mass is 505 g/mol. The zero-order valence-corrected chi connectivity index (χ0v) is 19.3. The molecule has 0 bridgehead atoms.